The molecule has 1 aliphatic heterocycles. The van der Waals surface area contributed by atoms with Crippen molar-refractivity contribution in [3.05, 3.63) is 53.3 Å². The van der Waals surface area contributed by atoms with E-state index in [1.165, 1.54) is 11.1 Å². The number of nitrogens with zero attached hydrogens (tertiary/aromatic N) is 4. The predicted molar refractivity (Wildman–Crippen MR) is 113 cm³/mol. The number of carbonyl (C=O) groups is 2. The summed E-state index contributed by atoms with van der Waals surface area (Å²) in [5, 5.41) is 4.46. The molecule has 7 nitrogen and oxygen atoms in total. The van der Waals surface area contributed by atoms with E-state index < -0.39 is 0 Å². The highest BCUT2D eigenvalue weighted by Gasteiger charge is 2.31. The van der Waals surface area contributed by atoms with Crippen LogP contribution in [0.3, 0.4) is 0 Å². The molecule has 2 aromatic heterocycles. The third-order valence-corrected chi connectivity index (χ3v) is 5.76. The molecule has 0 spiro atoms. The van der Waals surface area contributed by atoms with Gasteiger partial charge in [-0.05, 0) is 56.9 Å². The highest BCUT2D eigenvalue weighted by Crippen LogP contribution is 2.25. The molecule has 0 saturated carbocycles. The van der Waals surface area contributed by atoms with E-state index >= 15 is 0 Å². The summed E-state index contributed by atoms with van der Waals surface area (Å²) in [6.45, 7) is 7.28. The Hall–Kier alpha value is -3.22. The van der Waals surface area contributed by atoms with Gasteiger partial charge in [-0.1, -0.05) is 12.1 Å². The summed E-state index contributed by atoms with van der Waals surface area (Å²) in [5.74, 6) is -0.655. The molecule has 0 N–H and O–H groups in total. The van der Waals surface area contributed by atoms with Gasteiger partial charge in [0.15, 0.2) is 5.65 Å². The molecule has 4 rings (SSSR count). The largest absolute Gasteiger partial charge is 0.466 e. The normalized spacial score (nSPS) is 16.6. The number of benzene rings is 1. The van der Waals surface area contributed by atoms with Crippen LogP contribution in [0, 0.1) is 19.8 Å². The number of ether oxygens (including phenoxy) is 1. The van der Waals surface area contributed by atoms with Crippen LogP contribution < -0.4 is 0 Å². The standard InChI is InChI=1S/C23H26N4O3/c1-4-30-23(29)18-6-5-11-26(14-18)22(28)19-13-25-27-20(9-10-24-21(19)27)17-8-7-15(2)16(3)12-17/h7-10,12-13,18H,4-6,11,14H2,1-3H3. The molecule has 0 radical (unpaired) electrons. The fourth-order valence-electron chi connectivity index (χ4n) is 3.95. The number of amides is 1. The summed E-state index contributed by atoms with van der Waals surface area (Å²) in [4.78, 5) is 31.5. The van der Waals surface area contributed by atoms with Gasteiger partial charge in [-0.2, -0.15) is 5.10 Å². The number of aromatic nitrogens is 3. The lowest BCUT2D eigenvalue weighted by molar-refractivity contribution is -0.149. The second-order valence-corrected chi connectivity index (χ2v) is 7.77. The van der Waals surface area contributed by atoms with E-state index in [1.54, 1.807) is 28.7 Å². The highest BCUT2D eigenvalue weighted by molar-refractivity contribution is 6.00. The van der Waals surface area contributed by atoms with E-state index in [9.17, 15) is 9.59 Å². The second-order valence-electron chi connectivity index (χ2n) is 7.77. The van der Waals surface area contributed by atoms with Crippen molar-refractivity contribution in [2.75, 3.05) is 19.7 Å². The van der Waals surface area contributed by atoms with Crippen LogP contribution in [0.2, 0.25) is 0 Å². The topological polar surface area (TPSA) is 76.8 Å². The number of esters is 1. The molecule has 0 bridgehead atoms. The summed E-state index contributed by atoms with van der Waals surface area (Å²) >= 11 is 0. The molecule has 1 aliphatic rings. The number of fused-ring (bicyclic) bond motifs is 1. The number of hydrogen-bond donors (Lipinski definition) is 0. The van der Waals surface area contributed by atoms with Crippen molar-refractivity contribution in [2.45, 2.75) is 33.6 Å². The molecule has 3 aromatic rings. The lowest BCUT2D eigenvalue weighted by atomic mass is 9.97. The molecule has 3 heterocycles. The smallest absolute Gasteiger partial charge is 0.310 e. The number of rotatable bonds is 4. The van der Waals surface area contributed by atoms with Crippen molar-refractivity contribution in [1.82, 2.24) is 19.5 Å². The Balaban J connectivity index is 1.64. The van der Waals surface area contributed by atoms with Crippen LogP contribution in [0.1, 0.15) is 41.3 Å². The monoisotopic (exact) mass is 406 g/mol. The maximum atomic E-state index is 13.2. The number of hydrogen-bond acceptors (Lipinski definition) is 5. The summed E-state index contributed by atoms with van der Waals surface area (Å²) in [5.41, 5.74) is 5.29. The van der Waals surface area contributed by atoms with E-state index in [2.05, 4.69) is 42.1 Å². The number of likely N-dealkylation sites (tertiary alicyclic amines) is 1. The van der Waals surface area contributed by atoms with Gasteiger partial charge in [0.2, 0.25) is 0 Å². The average Bonchev–Trinajstić information content (AvgIpc) is 3.19. The van der Waals surface area contributed by atoms with Gasteiger partial charge < -0.3 is 9.64 Å². The fourth-order valence-corrected chi connectivity index (χ4v) is 3.95. The fraction of sp³-hybridized carbons (Fsp3) is 0.391. The predicted octanol–water partition coefficient (Wildman–Crippen LogP) is 3.43. The van der Waals surface area contributed by atoms with Gasteiger partial charge in [-0.15, -0.1) is 0 Å². The van der Waals surface area contributed by atoms with Gasteiger partial charge in [0, 0.05) is 24.8 Å². The van der Waals surface area contributed by atoms with Crippen molar-refractivity contribution in [1.29, 1.82) is 0 Å². The summed E-state index contributed by atoms with van der Waals surface area (Å²) in [7, 11) is 0. The first-order valence-corrected chi connectivity index (χ1v) is 10.4. The SMILES string of the molecule is CCOC(=O)C1CCCN(C(=O)c2cnn3c(-c4ccc(C)c(C)c4)ccnc23)C1. The summed E-state index contributed by atoms with van der Waals surface area (Å²) < 4.78 is 6.86. The zero-order valence-corrected chi connectivity index (χ0v) is 17.6. The lowest BCUT2D eigenvalue weighted by Gasteiger charge is -2.31. The zero-order valence-electron chi connectivity index (χ0n) is 17.6. The molecule has 1 fully saturated rings. The minimum absolute atomic E-state index is 0.149. The van der Waals surface area contributed by atoms with E-state index in [0.29, 0.717) is 30.9 Å². The van der Waals surface area contributed by atoms with Gasteiger partial charge in [0.1, 0.15) is 5.56 Å². The maximum absolute atomic E-state index is 13.2. The molecule has 7 heteroatoms. The van der Waals surface area contributed by atoms with Crippen LogP contribution in [-0.4, -0.2) is 51.1 Å². The third kappa shape index (κ3) is 3.67. The average molecular weight is 406 g/mol. The Morgan fingerprint density at radius 2 is 2.03 bits per heavy atom. The molecule has 156 valence electrons. The van der Waals surface area contributed by atoms with E-state index in [1.807, 2.05) is 6.07 Å². The first-order valence-electron chi connectivity index (χ1n) is 10.4. The number of carbonyl (C=O) groups excluding carboxylic acids is 2. The van der Waals surface area contributed by atoms with Crippen LogP contribution in [0.5, 0.6) is 0 Å². The molecule has 1 aromatic carbocycles. The Labute approximate surface area is 175 Å². The van der Waals surface area contributed by atoms with E-state index in [0.717, 1.165) is 24.1 Å². The molecule has 1 unspecified atom stereocenters. The quantitative estimate of drug-likeness (QED) is 0.621. The van der Waals surface area contributed by atoms with Gasteiger partial charge in [0.05, 0.1) is 24.4 Å². The molecule has 1 saturated heterocycles. The number of aryl methyl sites for hydroxylation is 2. The molecular formula is C23H26N4O3. The van der Waals surface area contributed by atoms with Gasteiger partial charge in [-0.3, -0.25) is 9.59 Å². The van der Waals surface area contributed by atoms with Crippen LogP contribution in [-0.2, 0) is 9.53 Å². The summed E-state index contributed by atoms with van der Waals surface area (Å²) in [6.07, 6.45) is 4.79. The van der Waals surface area contributed by atoms with Gasteiger partial charge >= 0.3 is 5.97 Å². The maximum Gasteiger partial charge on any atom is 0.310 e. The Kier molecular flexibility index (Phi) is 5.53. The minimum atomic E-state index is -0.274. The first-order chi connectivity index (χ1) is 14.5. The molecule has 1 amide bonds. The second kappa shape index (κ2) is 8.26. The Morgan fingerprint density at radius 1 is 1.20 bits per heavy atom. The van der Waals surface area contributed by atoms with E-state index in [4.69, 9.17) is 4.74 Å². The zero-order chi connectivity index (χ0) is 21.3. The lowest BCUT2D eigenvalue weighted by Crippen LogP contribution is -2.42. The van der Waals surface area contributed by atoms with Crippen molar-refractivity contribution >= 4 is 17.5 Å². The van der Waals surface area contributed by atoms with Crippen LogP contribution in [0.25, 0.3) is 16.9 Å². The van der Waals surface area contributed by atoms with Crippen molar-refractivity contribution in [3.8, 4) is 11.3 Å². The third-order valence-electron chi connectivity index (χ3n) is 5.76. The minimum Gasteiger partial charge on any atom is -0.466 e. The molecule has 0 aliphatic carbocycles. The van der Waals surface area contributed by atoms with Crippen molar-refractivity contribution in [3.63, 3.8) is 0 Å². The Bertz CT molecular complexity index is 1110. The molecule has 30 heavy (non-hydrogen) atoms. The van der Waals surface area contributed by atoms with Crippen molar-refractivity contribution in [2.24, 2.45) is 5.92 Å². The number of piperidine rings is 1. The van der Waals surface area contributed by atoms with Gasteiger partial charge in [0.25, 0.3) is 5.91 Å². The highest BCUT2D eigenvalue weighted by atomic mass is 16.5. The van der Waals surface area contributed by atoms with Gasteiger partial charge in [-0.25, -0.2) is 9.50 Å². The van der Waals surface area contributed by atoms with E-state index in [-0.39, 0.29) is 17.8 Å². The van der Waals surface area contributed by atoms with Crippen LogP contribution >= 0.6 is 0 Å². The van der Waals surface area contributed by atoms with Crippen LogP contribution in [0.15, 0.2) is 36.7 Å². The molecular weight excluding hydrogens is 380 g/mol. The Morgan fingerprint density at radius 3 is 2.80 bits per heavy atom. The molecule has 1 atom stereocenters. The first kappa shape index (κ1) is 20.1. The van der Waals surface area contributed by atoms with Crippen molar-refractivity contribution < 1.29 is 14.3 Å². The van der Waals surface area contributed by atoms with Crippen LogP contribution in [0.4, 0.5) is 0 Å². The summed E-state index contributed by atoms with van der Waals surface area (Å²) in [6, 6.07) is 8.14.